The van der Waals surface area contributed by atoms with Gasteiger partial charge in [-0.15, -0.1) is 0 Å². The summed E-state index contributed by atoms with van der Waals surface area (Å²) in [5.74, 6) is 0.516. The van der Waals surface area contributed by atoms with Crippen molar-refractivity contribution in [3.05, 3.63) is 29.3 Å². The number of nitrogens with one attached hydrogen (secondary N) is 1. The second kappa shape index (κ2) is 5.28. The van der Waals surface area contributed by atoms with E-state index in [2.05, 4.69) is 5.32 Å². The van der Waals surface area contributed by atoms with Crippen LogP contribution in [0.5, 0.6) is 0 Å². The molecule has 0 amide bonds. The summed E-state index contributed by atoms with van der Waals surface area (Å²) in [5, 5.41) is 3.20. The van der Waals surface area contributed by atoms with Crippen LogP contribution in [0, 0.1) is 5.92 Å². The molecule has 2 atom stereocenters. The fourth-order valence-corrected chi connectivity index (χ4v) is 3.30. The van der Waals surface area contributed by atoms with Crippen molar-refractivity contribution < 1.29 is 17.9 Å². The van der Waals surface area contributed by atoms with E-state index in [0.717, 1.165) is 49.7 Å². The summed E-state index contributed by atoms with van der Waals surface area (Å²) < 4.78 is 44.2. The molecule has 1 N–H and O–H groups in total. The highest BCUT2D eigenvalue weighted by Crippen LogP contribution is 2.42. The Morgan fingerprint density at radius 3 is 2.75 bits per heavy atom. The van der Waals surface area contributed by atoms with Crippen molar-refractivity contribution in [2.24, 2.45) is 5.92 Å². The van der Waals surface area contributed by atoms with Gasteiger partial charge in [-0.1, -0.05) is 0 Å². The third-order valence-corrected chi connectivity index (χ3v) is 4.31. The van der Waals surface area contributed by atoms with Gasteiger partial charge in [0.2, 0.25) is 0 Å². The number of anilines is 1. The number of halogens is 3. The molecule has 2 aliphatic heterocycles. The molecule has 1 aromatic rings. The lowest BCUT2D eigenvalue weighted by atomic mass is 9.78. The smallest absolute Gasteiger partial charge is 0.385 e. The maximum absolute atomic E-state index is 12.9. The van der Waals surface area contributed by atoms with Crippen LogP contribution in [-0.4, -0.2) is 19.8 Å². The van der Waals surface area contributed by atoms with Crippen molar-refractivity contribution >= 4 is 5.69 Å². The average Bonchev–Trinajstić information content (AvgIpc) is 2.46. The van der Waals surface area contributed by atoms with Crippen LogP contribution in [0.3, 0.4) is 0 Å². The fraction of sp³-hybridized carbons (Fsp3) is 0.600. The summed E-state index contributed by atoms with van der Waals surface area (Å²) in [6.45, 7) is 2.26. The van der Waals surface area contributed by atoms with Gasteiger partial charge in [0.25, 0.3) is 0 Å². The van der Waals surface area contributed by atoms with Crippen LogP contribution in [-0.2, 0) is 10.9 Å². The standard InChI is InChI=1S/C15H18F3NO/c16-15(17,18)11-3-4-14-13(8-11)12(5-6-19-14)10-2-1-7-20-9-10/h3-4,8,10,12,19H,1-2,5-7,9H2. The molecule has 0 bridgehead atoms. The molecule has 1 saturated heterocycles. The molecule has 0 aliphatic carbocycles. The first-order chi connectivity index (χ1) is 9.55. The number of benzene rings is 1. The van der Waals surface area contributed by atoms with Crippen LogP contribution >= 0.6 is 0 Å². The molecule has 2 nitrogen and oxygen atoms in total. The number of rotatable bonds is 1. The minimum absolute atomic E-state index is 0.175. The molecule has 5 heteroatoms. The second-order valence-corrected chi connectivity index (χ2v) is 5.60. The number of hydrogen-bond acceptors (Lipinski definition) is 2. The topological polar surface area (TPSA) is 21.3 Å². The van der Waals surface area contributed by atoms with Crippen LogP contribution in [0.2, 0.25) is 0 Å². The van der Waals surface area contributed by atoms with Gasteiger partial charge in [0.15, 0.2) is 0 Å². The molecule has 20 heavy (non-hydrogen) atoms. The molecule has 0 radical (unpaired) electrons. The number of hydrogen-bond donors (Lipinski definition) is 1. The summed E-state index contributed by atoms with van der Waals surface area (Å²) in [6.07, 6.45) is -1.36. The highest BCUT2D eigenvalue weighted by atomic mass is 19.4. The fourth-order valence-electron chi connectivity index (χ4n) is 3.30. The van der Waals surface area contributed by atoms with E-state index in [9.17, 15) is 13.2 Å². The molecule has 2 aliphatic rings. The maximum Gasteiger partial charge on any atom is 0.416 e. The molecular formula is C15H18F3NO. The first-order valence-corrected chi connectivity index (χ1v) is 7.08. The minimum atomic E-state index is -4.28. The number of fused-ring (bicyclic) bond motifs is 1. The monoisotopic (exact) mass is 285 g/mol. The van der Waals surface area contributed by atoms with Crippen LogP contribution in [0.15, 0.2) is 18.2 Å². The van der Waals surface area contributed by atoms with E-state index < -0.39 is 11.7 Å². The van der Waals surface area contributed by atoms with E-state index in [4.69, 9.17) is 4.74 Å². The molecule has 1 aromatic carbocycles. The van der Waals surface area contributed by atoms with Gasteiger partial charge in [-0.25, -0.2) is 0 Å². The van der Waals surface area contributed by atoms with Crippen molar-refractivity contribution in [2.45, 2.75) is 31.4 Å². The Kier molecular flexibility index (Phi) is 3.63. The Bertz CT molecular complexity index is 480. The summed E-state index contributed by atoms with van der Waals surface area (Å²) in [7, 11) is 0. The first kappa shape index (κ1) is 13.7. The zero-order valence-corrected chi connectivity index (χ0v) is 11.2. The van der Waals surface area contributed by atoms with E-state index in [1.54, 1.807) is 6.07 Å². The highest BCUT2D eigenvalue weighted by molar-refractivity contribution is 5.56. The predicted molar refractivity (Wildman–Crippen MR) is 70.8 cm³/mol. The van der Waals surface area contributed by atoms with E-state index >= 15 is 0 Å². The Labute approximate surface area is 116 Å². The molecule has 3 rings (SSSR count). The van der Waals surface area contributed by atoms with E-state index in [-0.39, 0.29) is 5.92 Å². The third-order valence-electron chi connectivity index (χ3n) is 4.31. The lowest BCUT2D eigenvalue weighted by Gasteiger charge is -2.35. The zero-order chi connectivity index (χ0) is 14.2. The summed E-state index contributed by atoms with van der Waals surface area (Å²) in [5.41, 5.74) is 1.10. The molecular weight excluding hydrogens is 267 g/mol. The molecule has 0 saturated carbocycles. The second-order valence-electron chi connectivity index (χ2n) is 5.60. The van der Waals surface area contributed by atoms with Crippen LogP contribution in [0.1, 0.15) is 36.3 Å². The first-order valence-electron chi connectivity index (χ1n) is 7.08. The van der Waals surface area contributed by atoms with Crippen molar-refractivity contribution in [3.8, 4) is 0 Å². The van der Waals surface area contributed by atoms with Gasteiger partial charge < -0.3 is 10.1 Å². The minimum Gasteiger partial charge on any atom is -0.385 e. The summed E-state index contributed by atoms with van der Waals surface area (Å²) in [6, 6.07) is 4.04. The Balaban J connectivity index is 1.93. The van der Waals surface area contributed by atoms with Crippen LogP contribution < -0.4 is 5.32 Å². The average molecular weight is 285 g/mol. The quantitative estimate of drug-likeness (QED) is 0.841. The number of ether oxygens (including phenoxy) is 1. The van der Waals surface area contributed by atoms with Crippen molar-refractivity contribution in [3.63, 3.8) is 0 Å². The molecule has 0 spiro atoms. The molecule has 0 aromatic heterocycles. The normalized spacial score (nSPS) is 26.8. The van der Waals surface area contributed by atoms with Gasteiger partial charge in [-0.2, -0.15) is 13.2 Å². The van der Waals surface area contributed by atoms with Gasteiger partial charge in [0.1, 0.15) is 0 Å². The predicted octanol–water partition coefficient (Wildman–Crippen LogP) is 4.03. The van der Waals surface area contributed by atoms with Gasteiger partial charge in [-0.3, -0.25) is 0 Å². The van der Waals surface area contributed by atoms with E-state index in [1.165, 1.54) is 6.07 Å². The molecule has 110 valence electrons. The lowest BCUT2D eigenvalue weighted by molar-refractivity contribution is -0.137. The Morgan fingerprint density at radius 1 is 1.20 bits per heavy atom. The summed E-state index contributed by atoms with van der Waals surface area (Å²) >= 11 is 0. The van der Waals surface area contributed by atoms with Crippen molar-refractivity contribution in [2.75, 3.05) is 25.1 Å². The van der Waals surface area contributed by atoms with Crippen molar-refractivity contribution in [1.82, 2.24) is 0 Å². The zero-order valence-electron chi connectivity index (χ0n) is 11.2. The van der Waals surface area contributed by atoms with E-state index in [0.29, 0.717) is 12.5 Å². The molecule has 2 heterocycles. The van der Waals surface area contributed by atoms with Gasteiger partial charge in [-0.05, 0) is 54.9 Å². The summed E-state index contributed by atoms with van der Waals surface area (Å²) in [4.78, 5) is 0. The van der Waals surface area contributed by atoms with Crippen molar-refractivity contribution in [1.29, 1.82) is 0 Å². The van der Waals surface area contributed by atoms with Crippen LogP contribution in [0.25, 0.3) is 0 Å². The molecule has 1 fully saturated rings. The Hall–Kier alpha value is -1.23. The van der Waals surface area contributed by atoms with E-state index in [1.807, 2.05) is 0 Å². The molecule has 2 unspecified atom stereocenters. The Morgan fingerprint density at radius 2 is 2.05 bits per heavy atom. The lowest BCUT2D eigenvalue weighted by Crippen LogP contribution is -2.29. The van der Waals surface area contributed by atoms with Gasteiger partial charge >= 0.3 is 6.18 Å². The highest BCUT2D eigenvalue weighted by Gasteiger charge is 2.34. The van der Waals surface area contributed by atoms with Crippen LogP contribution in [0.4, 0.5) is 18.9 Å². The number of alkyl halides is 3. The SMILES string of the molecule is FC(F)(F)c1ccc2c(c1)C(C1CCCOC1)CCN2. The largest absolute Gasteiger partial charge is 0.416 e. The van der Waals surface area contributed by atoms with Gasteiger partial charge in [0.05, 0.1) is 5.56 Å². The third kappa shape index (κ3) is 2.64. The maximum atomic E-state index is 12.9. The van der Waals surface area contributed by atoms with Gasteiger partial charge in [0, 0.05) is 25.4 Å².